The van der Waals surface area contributed by atoms with E-state index in [0.29, 0.717) is 5.69 Å². The van der Waals surface area contributed by atoms with Gasteiger partial charge in [0.1, 0.15) is 10.7 Å². The van der Waals surface area contributed by atoms with E-state index in [1.54, 1.807) is 16.7 Å². The van der Waals surface area contributed by atoms with Crippen molar-refractivity contribution in [1.82, 2.24) is 10.3 Å². The number of benzene rings is 1. The monoisotopic (exact) mass is 393 g/mol. The molecule has 132 valence electrons. The van der Waals surface area contributed by atoms with Crippen molar-refractivity contribution < 1.29 is 23.0 Å². The first-order valence-electron chi connectivity index (χ1n) is 7.21. The summed E-state index contributed by atoms with van der Waals surface area (Å²) >= 11 is 2.92. The number of nitrogens with one attached hydrogen (secondary N) is 1. The third kappa shape index (κ3) is 3.41. The lowest BCUT2D eigenvalue weighted by molar-refractivity contribution is -0.286. The van der Waals surface area contributed by atoms with Gasteiger partial charge in [0.05, 0.1) is 12.0 Å². The Kier molecular flexibility index (Phi) is 4.13. The van der Waals surface area contributed by atoms with Crippen LogP contribution in [-0.4, -0.2) is 23.5 Å². The molecule has 0 aliphatic carbocycles. The molecule has 4 rings (SSSR count). The zero-order valence-electron chi connectivity index (χ0n) is 12.8. The lowest BCUT2D eigenvalue weighted by atomic mass is 10.3. The van der Waals surface area contributed by atoms with Gasteiger partial charge in [-0.1, -0.05) is 0 Å². The van der Waals surface area contributed by atoms with Crippen LogP contribution < -0.4 is 14.8 Å². The maximum absolute atomic E-state index is 13.0. The van der Waals surface area contributed by atoms with Crippen molar-refractivity contribution in [2.45, 2.75) is 6.29 Å². The van der Waals surface area contributed by atoms with Crippen LogP contribution in [0.2, 0.25) is 0 Å². The molecule has 0 unspecified atom stereocenters. The minimum Gasteiger partial charge on any atom is -0.395 e. The van der Waals surface area contributed by atoms with Gasteiger partial charge >= 0.3 is 6.29 Å². The van der Waals surface area contributed by atoms with E-state index in [9.17, 15) is 13.6 Å². The van der Waals surface area contributed by atoms with Gasteiger partial charge in [0, 0.05) is 22.4 Å². The van der Waals surface area contributed by atoms with Gasteiger partial charge in [-0.25, -0.2) is 9.98 Å². The van der Waals surface area contributed by atoms with Crippen LogP contribution in [0, 0.1) is 0 Å². The van der Waals surface area contributed by atoms with E-state index in [0.717, 1.165) is 10.6 Å². The van der Waals surface area contributed by atoms with Crippen molar-refractivity contribution in [2.24, 2.45) is 4.99 Å². The summed E-state index contributed by atoms with van der Waals surface area (Å²) in [5.41, 5.74) is 1.56. The number of halogens is 2. The van der Waals surface area contributed by atoms with Crippen LogP contribution in [0.25, 0.3) is 10.6 Å². The van der Waals surface area contributed by atoms with E-state index in [1.165, 1.54) is 35.9 Å². The smallest absolute Gasteiger partial charge is 0.395 e. The van der Waals surface area contributed by atoms with E-state index in [2.05, 4.69) is 24.8 Å². The van der Waals surface area contributed by atoms with Gasteiger partial charge in [-0.3, -0.25) is 4.79 Å². The maximum Gasteiger partial charge on any atom is 0.586 e. The van der Waals surface area contributed by atoms with Gasteiger partial charge in [-0.2, -0.15) is 11.3 Å². The summed E-state index contributed by atoms with van der Waals surface area (Å²) in [5.74, 6) is -0.601. The van der Waals surface area contributed by atoms with Gasteiger partial charge in [-0.15, -0.1) is 20.1 Å². The summed E-state index contributed by atoms with van der Waals surface area (Å²) in [4.78, 5) is 20.4. The second kappa shape index (κ2) is 6.46. The van der Waals surface area contributed by atoms with Crippen molar-refractivity contribution in [3.8, 4) is 22.1 Å². The Hall–Kier alpha value is -2.85. The quantitative estimate of drug-likeness (QED) is 0.530. The lowest BCUT2D eigenvalue weighted by Crippen LogP contribution is -2.25. The van der Waals surface area contributed by atoms with Gasteiger partial charge in [0.25, 0.3) is 5.91 Å². The fraction of sp³-hybridized carbons (Fsp3) is 0.0625. The molecular weight excluding hydrogens is 384 g/mol. The number of rotatable bonds is 4. The summed E-state index contributed by atoms with van der Waals surface area (Å²) in [7, 11) is 0. The highest BCUT2D eigenvalue weighted by molar-refractivity contribution is 7.14. The molecule has 1 amide bonds. The fourth-order valence-electron chi connectivity index (χ4n) is 2.15. The van der Waals surface area contributed by atoms with Crippen LogP contribution in [0.4, 0.5) is 14.5 Å². The first-order valence-corrected chi connectivity index (χ1v) is 9.04. The molecule has 0 fully saturated rings. The van der Waals surface area contributed by atoms with Crippen molar-refractivity contribution >= 4 is 40.6 Å². The number of ether oxygens (including phenoxy) is 2. The van der Waals surface area contributed by atoms with Crippen LogP contribution in [0.1, 0.15) is 10.5 Å². The molecule has 3 heterocycles. The highest BCUT2D eigenvalue weighted by atomic mass is 32.1. The molecule has 1 N–H and O–H groups in total. The first kappa shape index (κ1) is 16.6. The van der Waals surface area contributed by atoms with Crippen molar-refractivity contribution in [2.75, 3.05) is 0 Å². The summed E-state index contributed by atoms with van der Waals surface area (Å²) < 4.78 is 34.6. The molecule has 3 aromatic rings. The minimum atomic E-state index is -3.68. The molecule has 0 spiro atoms. The SMILES string of the molecule is O=C(NC=Nc1ccc2c(c1)OC(F)(F)O2)c1csc(-c2ccsc2)n1. The number of carbonyl (C=O) groups is 1. The average molecular weight is 393 g/mol. The lowest BCUT2D eigenvalue weighted by Gasteiger charge is -2.04. The maximum atomic E-state index is 13.0. The second-order valence-electron chi connectivity index (χ2n) is 5.08. The van der Waals surface area contributed by atoms with Crippen molar-refractivity contribution in [3.63, 3.8) is 0 Å². The molecule has 0 bridgehead atoms. The van der Waals surface area contributed by atoms with Gasteiger partial charge in [-0.05, 0) is 23.6 Å². The van der Waals surface area contributed by atoms with E-state index < -0.39 is 12.2 Å². The second-order valence-corrected chi connectivity index (χ2v) is 6.72. The normalized spacial score (nSPS) is 14.7. The van der Waals surface area contributed by atoms with Crippen LogP contribution in [0.3, 0.4) is 0 Å². The van der Waals surface area contributed by atoms with E-state index in [1.807, 2.05) is 16.8 Å². The van der Waals surface area contributed by atoms with Crippen molar-refractivity contribution in [1.29, 1.82) is 0 Å². The Labute approximate surface area is 153 Å². The van der Waals surface area contributed by atoms with Gasteiger partial charge in [0.2, 0.25) is 0 Å². The number of alkyl halides is 2. The molecule has 1 aliphatic rings. The number of nitrogens with zero attached hydrogens (tertiary/aromatic N) is 2. The molecule has 0 saturated heterocycles. The number of thiophene rings is 1. The van der Waals surface area contributed by atoms with Crippen LogP contribution in [0.15, 0.2) is 45.4 Å². The van der Waals surface area contributed by atoms with Crippen molar-refractivity contribution in [3.05, 3.63) is 46.1 Å². The summed E-state index contributed by atoms with van der Waals surface area (Å²) in [5, 5.41) is 8.78. The number of carbonyl (C=O) groups excluding carboxylic acids is 1. The summed E-state index contributed by atoms with van der Waals surface area (Å²) in [6.45, 7) is 0. The molecule has 6 nitrogen and oxygen atoms in total. The highest BCUT2D eigenvalue weighted by Gasteiger charge is 2.43. The number of aromatic nitrogens is 1. The fourth-order valence-corrected chi connectivity index (χ4v) is 3.67. The predicted octanol–water partition coefficient (Wildman–Crippen LogP) is 4.28. The van der Waals surface area contributed by atoms with Crippen LogP contribution in [0.5, 0.6) is 11.5 Å². The van der Waals surface area contributed by atoms with E-state index in [4.69, 9.17) is 0 Å². The average Bonchev–Trinajstić information content (AvgIpc) is 3.32. The van der Waals surface area contributed by atoms with Gasteiger partial charge < -0.3 is 14.8 Å². The topological polar surface area (TPSA) is 72.8 Å². The third-order valence-electron chi connectivity index (χ3n) is 3.30. The number of amides is 1. The predicted molar refractivity (Wildman–Crippen MR) is 93.7 cm³/mol. The molecule has 2 aromatic heterocycles. The zero-order valence-corrected chi connectivity index (χ0v) is 14.4. The molecule has 10 heteroatoms. The Morgan fingerprint density at radius 2 is 2.08 bits per heavy atom. The summed E-state index contributed by atoms with van der Waals surface area (Å²) in [6.07, 6.45) is -2.51. The molecule has 0 atom stereocenters. The highest BCUT2D eigenvalue weighted by Crippen LogP contribution is 2.42. The third-order valence-corrected chi connectivity index (χ3v) is 4.87. The minimum absolute atomic E-state index is 0.0681. The Morgan fingerprint density at radius 3 is 2.88 bits per heavy atom. The molecule has 0 radical (unpaired) electrons. The number of fused-ring (bicyclic) bond motifs is 1. The van der Waals surface area contributed by atoms with Crippen LogP contribution in [-0.2, 0) is 0 Å². The molecule has 26 heavy (non-hydrogen) atoms. The number of aliphatic imine (C=N–C) groups is 1. The van der Waals surface area contributed by atoms with E-state index >= 15 is 0 Å². The number of hydrogen-bond acceptors (Lipinski definition) is 7. The molecule has 1 aromatic carbocycles. The Bertz CT molecular complexity index is 987. The Balaban J connectivity index is 1.41. The molecule has 1 aliphatic heterocycles. The van der Waals surface area contributed by atoms with Gasteiger partial charge in [0.15, 0.2) is 11.5 Å². The number of hydrogen-bond donors (Lipinski definition) is 1. The zero-order chi connectivity index (χ0) is 18.1. The first-order chi connectivity index (χ1) is 12.5. The Morgan fingerprint density at radius 1 is 1.23 bits per heavy atom. The largest absolute Gasteiger partial charge is 0.586 e. The molecule has 0 saturated carbocycles. The standard InChI is InChI=1S/C16H9F2N3O3S2/c17-16(18)23-12-2-1-10(5-13(12)24-16)19-8-20-14(22)11-7-26-15(21-11)9-3-4-25-6-9/h1-8H,(H,19,20,22). The summed E-state index contributed by atoms with van der Waals surface area (Å²) in [6, 6.07) is 5.99. The van der Waals surface area contributed by atoms with E-state index in [-0.39, 0.29) is 17.2 Å². The number of thiazole rings is 1. The molecular formula is C16H9F2N3O3S2. The van der Waals surface area contributed by atoms with Crippen LogP contribution >= 0.6 is 22.7 Å².